The number of hydrogen-bond donors (Lipinski definition) is 3. The van der Waals surface area contributed by atoms with Crippen molar-refractivity contribution in [3.05, 3.63) is 76.6 Å². The molecule has 4 aromatic rings. The molecule has 0 saturated carbocycles. The third-order valence-electron chi connectivity index (χ3n) is 4.38. The van der Waals surface area contributed by atoms with Crippen molar-refractivity contribution < 1.29 is 9.18 Å². The number of carbonyl (C=O) groups is 1. The van der Waals surface area contributed by atoms with E-state index in [-0.39, 0.29) is 5.69 Å². The van der Waals surface area contributed by atoms with Gasteiger partial charge in [0.05, 0.1) is 21.3 Å². The standard InChI is InChI=1S/C22H17ClFN5OS/c1-12-27-20(13-9-10-26-18(25)11-13)21(31-12)16-3-2-4-17(19(16)24)29-22(30)28-15-7-5-14(23)6-8-15/h2-11H,1H3,(H2,25,26)(H2,28,29,30). The predicted molar refractivity (Wildman–Crippen MR) is 124 cm³/mol. The first-order valence-electron chi connectivity index (χ1n) is 9.22. The van der Waals surface area contributed by atoms with Crippen LogP contribution in [0.5, 0.6) is 0 Å². The van der Waals surface area contributed by atoms with E-state index in [1.165, 1.54) is 17.4 Å². The number of benzene rings is 2. The van der Waals surface area contributed by atoms with Crippen LogP contribution in [-0.2, 0) is 0 Å². The van der Waals surface area contributed by atoms with Gasteiger partial charge in [-0.1, -0.05) is 23.7 Å². The Morgan fingerprint density at radius 1 is 1.13 bits per heavy atom. The van der Waals surface area contributed by atoms with E-state index in [0.29, 0.717) is 32.7 Å². The Labute approximate surface area is 186 Å². The number of carbonyl (C=O) groups excluding carboxylic acids is 1. The molecule has 156 valence electrons. The van der Waals surface area contributed by atoms with E-state index in [1.807, 2.05) is 6.92 Å². The number of aromatic nitrogens is 2. The lowest BCUT2D eigenvalue weighted by Crippen LogP contribution is -2.20. The van der Waals surface area contributed by atoms with Crippen LogP contribution in [-0.4, -0.2) is 16.0 Å². The number of urea groups is 1. The summed E-state index contributed by atoms with van der Waals surface area (Å²) in [7, 11) is 0. The number of amides is 2. The summed E-state index contributed by atoms with van der Waals surface area (Å²) in [5.41, 5.74) is 8.07. The fourth-order valence-electron chi connectivity index (χ4n) is 3.02. The van der Waals surface area contributed by atoms with E-state index < -0.39 is 11.8 Å². The molecule has 4 rings (SSSR count). The third-order valence-corrected chi connectivity index (χ3v) is 5.64. The number of anilines is 3. The number of hydrogen-bond acceptors (Lipinski definition) is 5. The minimum atomic E-state index is -0.569. The molecule has 0 aliphatic carbocycles. The number of nitrogens with two attached hydrogens (primary N) is 1. The van der Waals surface area contributed by atoms with Crippen LogP contribution in [0.1, 0.15) is 5.01 Å². The van der Waals surface area contributed by atoms with Gasteiger partial charge in [-0.3, -0.25) is 0 Å². The minimum absolute atomic E-state index is 0.0511. The Morgan fingerprint density at radius 2 is 1.90 bits per heavy atom. The highest BCUT2D eigenvalue weighted by Gasteiger charge is 2.19. The second-order valence-corrected chi connectivity index (χ2v) is 8.27. The summed E-state index contributed by atoms with van der Waals surface area (Å²) in [6.45, 7) is 1.85. The van der Waals surface area contributed by atoms with Gasteiger partial charge >= 0.3 is 6.03 Å². The summed E-state index contributed by atoms with van der Waals surface area (Å²) in [4.78, 5) is 21.5. The summed E-state index contributed by atoms with van der Waals surface area (Å²) in [6.07, 6.45) is 1.58. The van der Waals surface area contributed by atoms with Crippen LogP contribution >= 0.6 is 22.9 Å². The maximum Gasteiger partial charge on any atom is 0.323 e. The largest absolute Gasteiger partial charge is 0.384 e. The monoisotopic (exact) mass is 453 g/mol. The van der Waals surface area contributed by atoms with E-state index in [1.54, 1.807) is 54.7 Å². The summed E-state index contributed by atoms with van der Waals surface area (Å²) in [5, 5.41) is 6.53. The van der Waals surface area contributed by atoms with Crippen LogP contribution < -0.4 is 16.4 Å². The molecule has 0 atom stereocenters. The van der Waals surface area contributed by atoms with Crippen molar-refractivity contribution in [2.75, 3.05) is 16.4 Å². The maximum atomic E-state index is 15.4. The fourth-order valence-corrected chi connectivity index (χ4v) is 4.11. The zero-order valence-corrected chi connectivity index (χ0v) is 17.9. The van der Waals surface area contributed by atoms with Gasteiger partial charge in [-0.05, 0) is 49.4 Å². The summed E-state index contributed by atoms with van der Waals surface area (Å²) < 4.78 is 15.4. The number of nitrogens with one attached hydrogen (secondary N) is 2. The van der Waals surface area contributed by atoms with Crippen LogP contribution in [0.2, 0.25) is 5.02 Å². The number of halogens is 2. The molecule has 2 heterocycles. The molecular formula is C22H17ClFN5OS. The molecule has 31 heavy (non-hydrogen) atoms. The Bertz CT molecular complexity index is 1260. The van der Waals surface area contributed by atoms with E-state index in [2.05, 4.69) is 20.6 Å². The molecule has 0 spiro atoms. The van der Waals surface area contributed by atoms with Crippen molar-refractivity contribution in [3.63, 3.8) is 0 Å². The average Bonchev–Trinajstić information content (AvgIpc) is 3.13. The normalized spacial score (nSPS) is 10.7. The smallest absolute Gasteiger partial charge is 0.323 e. The minimum Gasteiger partial charge on any atom is -0.384 e. The number of pyridine rings is 1. The lowest BCUT2D eigenvalue weighted by atomic mass is 10.1. The molecule has 6 nitrogen and oxygen atoms in total. The molecule has 2 amide bonds. The van der Waals surface area contributed by atoms with Gasteiger partial charge in [-0.25, -0.2) is 19.2 Å². The first-order valence-corrected chi connectivity index (χ1v) is 10.4. The highest BCUT2D eigenvalue weighted by atomic mass is 35.5. The lowest BCUT2D eigenvalue weighted by molar-refractivity contribution is 0.262. The van der Waals surface area contributed by atoms with Gasteiger partial charge in [-0.15, -0.1) is 11.3 Å². The number of nitrogens with zero attached hydrogens (tertiary/aromatic N) is 2. The van der Waals surface area contributed by atoms with E-state index in [4.69, 9.17) is 17.3 Å². The molecule has 9 heteroatoms. The lowest BCUT2D eigenvalue weighted by Gasteiger charge is -2.11. The van der Waals surface area contributed by atoms with Crippen LogP contribution in [0.3, 0.4) is 0 Å². The van der Waals surface area contributed by atoms with Gasteiger partial charge < -0.3 is 16.4 Å². The van der Waals surface area contributed by atoms with Crippen LogP contribution in [0.4, 0.5) is 26.4 Å². The van der Waals surface area contributed by atoms with Crippen molar-refractivity contribution >= 4 is 46.2 Å². The van der Waals surface area contributed by atoms with Crippen molar-refractivity contribution in [3.8, 4) is 21.7 Å². The second-order valence-electron chi connectivity index (χ2n) is 6.63. The Hall–Kier alpha value is -3.49. The number of nitrogen functional groups attached to an aromatic ring is 1. The highest BCUT2D eigenvalue weighted by Crippen LogP contribution is 2.39. The van der Waals surface area contributed by atoms with E-state index in [9.17, 15) is 4.79 Å². The third kappa shape index (κ3) is 4.65. The average molecular weight is 454 g/mol. The molecule has 0 aliphatic rings. The van der Waals surface area contributed by atoms with Crippen LogP contribution in [0.15, 0.2) is 60.8 Å². The molecule has 0 radical (unpaired) electrons. The number of aryl methyl sites for hydroxylation is 1. The molecule has 0 fully saturated rings. The Morgan fingerprint density at radius 3 is 2.65 bits per heavy atom. The Balaban J connectivity index is 1.64. The summed E-state index contributed by atoms with van der Waals surface area (Å²) >= 11 is 7.21. The van der Waals surface area contributed by atoms with Gasteiger partial charge in [0, 0.05) is 28.0 Å². The number of thiazole rings is 1. The molecular weight excluding hydrogens is 437 g/mol. The summed E-state index contributed by atoms with van der Waals surface area (Å²) in [6, 6.07) is 14.3. The van der Waals surface area contributed by atoms with Crippen LogP contribution in [0, 0.1) is 12.7 Å². The molecule has 2 aromatic carbocycles. The molecule has 0 bridgehead atoms. The van der Waals surface area contributed by atoms with Crippen LogP contribution in [0.25, 0.3) is 21.7 Å². The Kier molecular flexibility index (Phi) is 5.83. The van der Waals surface area contributed by atoms with E-state index in [0.717, 1.165) is 10.6 Å². The second kappa shape index (κ2) is 8.71. The first kappa shape index (κ1) is 20.8. The van der Waals surface area contributed by atoms with Gasteiger partial charge in [0.15, 0.2) is 5.82 Å². The zero-order valence-electron chi connectivity index (χ0n) is 16.3. The van der Waals surface area contributed by atoms with Crippen molar-refractivity contribution in [1.82, 2.24) is 9.97 Å². The zero-order chi connectivity index (χ0) is 22.0. The van der Waals surface area contributed by atoms with Gasteiger partial charge in [0.1, 0.15) is 5.82 Å². The topological polar surface area (TPSA) is 92.9 Å². The molecule has 2 aromatic heterocycles. The van der Waals surface area contributed by atoms with Crippen molar-refractivity contribution in [2.24, 2.45) is 0 Å². The fraction of sp³-hybridized carbons (Fsp3) is 0.0455. The predicted octanol–water partition coefficient (Wildman–Crippen LogP) is 6.20. The molecule has 0 aliphatic heterocycles. The first-order chi connectivity index (χ1) is 14.9. The molecule has 0 unspecified atom stereocenters. The van der Waals surface area contributed by atoms with Gasteiger partial charge in [0.2, 0.25) is 0 Å². The highest BCUT2D eigenvalue weighted by molar-refractivity contribution is 7.15. The molecule has 0 saturated heterocycles. The van der Waals surface area contributed by atoms with Gasteiger partial charge in [0.25, 0.3) is 0 Å². The number of rotatable bonds is 4. The van der Waals surface area contributed by atoms with E-state index >= 15 is 4.39 Å². The van der Waals surface area contributed by atoms with Gasteiger partial charge in [-0.2, -0.15) is 0 Å². The molecule has 4 N–H and O–H groups in total. The maximum absolute atomic E-state index is 15.4. The van der Waals surface area contributed by atoms with Crippen molar-refractivity contribution in [2.45, 2.75) is 6.92 Å². The van der Waals surface area contributed by atoms with Crippen molar-refractivity contribution in [1.29, 1.82) is 0 Å². The quantitative estimate of drug-likeness (QED) is 0.343. The summed E-state index contributed by atoms with van der Waals surface area (Å²) in [5.74, 6) is -0.204. The SMILES string of the molecule is Cc1nc(-c2ccnc(N)c2)c(-c2cccc(NC(=O)Nc3ccc(Cl)cc3)c2F)s1.